The Labute approximate surface area is 220 Å². The normalized spacial score (nSPS) is 13.3. The number of benzene rings is 2. The Bertz CT molecular complexity index is 1510. The van der Waals surface area contributed by atoms with Gasteiger partial charge >= 0.3 is 0 Å². The number of hydrogen-bond acceptors (Lipinski definition) is 6. The number of aromatic nitrogens is 2. The van der Waals surface area contributed by atoms with E-state index in [1.54, 1.807) is 12.0 Å². The minimum absolute atomic E-state index is 0.241. The number of Topliss-reactive ketones (excluding diaryl/α,β-unsaturated/α-hetero) is 1. The van der Waals surface area contributed by atoms with Gasteiger partial charge in [0.15, 0.2) is 0 Å². The van der Waals surface area contributed by atoms with Gasteiger partial charge in [0.2, 0.25) is 5.88 Å². The van der Waals surface area contributed by atoms with E-state index in [9.17, 15) is 9.59 Å². The number of H-pyrrole nitrogens is 1. The van der Waals surface area contributed by atoms with E-state index in [1.165, 1.54) is 32.2 Å². The molecule has 3 heterocycles. The Hall–Kier alpha value is -4.59. The minimum Gasteiger partial charge on any atom is -0.497 e. The number of rotatable bonds is 7. The molecule has 2 aromatic carbocycles. The van der Waals surface area contributed by atoms with E-state index in [4.69, 9.17) is 14.2 Å². The summed E-state index contributed by atoms with van der Waals surface area (Å²) in [7, 11) is 4.65. The molecule has 1 N–H and O–H groups in total. The highest BCUT2D eigenvalue weighted by Crippen LogP contribution is 2.35. The van der Waals surface area contributed by atoms with Crippen LogP contribution in [0.15, 0.2) is 72.6 Å². The average Bonchev–Trinajstić information content (AvgIpc) is 3.42. The summed E-state index contributed by atoms with van der Waals surface area (Å²) in [5.74, 6) is 0.381. The van der Waals surface area contributed by atoms with Crippen molar-refractivity contribution in [2.75, 3.05) is 34.4 Å². The predicted octanol–water partition coefficient (Wildman–Crippen LogP) is 4.90. The number of piperidine rings is 1. The van der Waals surface area contributed by atoms with Crippen molar-refractivity contribution in [1.29, 1.82) is 0 Å². The molecule has 8 nitrogen and oxygen atoms in total. The quantitative estimate of drug-likeness (QED) is 0.280. The van der Waals surface area contributed by atoms with Crippen LogP contribution in [0.3, 0.4) is 0 Å². The highest BCUT2D eigenvalue weighted by molar-refractivity contribution is 6.45. The van der Waals surface area contributed by atoms with E-state index in [0.717, 1.165) is 22.4 Å². The fraction of sp³-hybridized carbons (Fsp3) is 0.233. The van der Waals surface area contributed by atoms with Gasteiger partial charge in [0, 0.05) is 19.3 Å². The molecule has 0 aliphatic carbocycles. The minimum atomic E-state index is -0.591. The summed E-state index contributed by atoms with van der Waals surface area (Å²) < 4.78 is 16.2. The predicted molar refractivity (Wildman–Crippen MR) is 145 cm³/mol. The highest BCUT2D eigenvalue weighted by Gasteiger charge is 2.30. The number of methoxy groups -OCH3 is 3. The summed E-state index contributed by atoms with van der Waals surface area (Å²) in [6.07, 6.45) is 4.33. The number of ketones is 1. The molecule has 0 atom stereocenters. The molecule has 0 bridgehead atoms. The molecule has 0 saturated carbocycles. The Kier molecular flexibility index (Phi) is 7.13. The van der Waals surface area contributed by atoms with Crippen molar-refractivity contribution in [2.45, 2.75) is 12.8 Å². The number of fused-ring (bicyclic) bond motifs is 1. The Morgan fingerprint density at radius 2 is 1.63 bits per heavy atom. The third-order valence-corrected chi connectivity index (χ3v) is 6.92. The van der Waals surface area contributed by atoms with Gasteiger partial charge in [-0.25, -0.2) is 4.98 Å². The van der Waals surface area contributed by atoms with Crippen LogP contribution in [0.2, 0.25) is 0 Å². The van der Waals surface area contributed by atoms with Crippen LogP contribution in [0.1, 0.15) is 34.3 Å². The lowest BCUT2D eigenvalue weighted by Gasteiger charge is -2.30. The molecule has 2 aromatic heterocycles. The number of hydrogen-bond donors (Lipinski definition) is 1. The van der Waals surface area contributed by atoms with E-state index in [-0.39, 0.29) is 5.56 Å². The molecular formula is C30H29N3O5. The van der Waals surface area contributed by atoms with Gasteiger partial charge in [-0.3, -0.25) is 9.59 Å². The maximum Gasteiger partial charge on any atom is 0.295 e. The fourth-order valence-corrected chi connectivity index (χ4v) is 5.03. The van der Waals surface area contributed by atoms with Gasteiger partial charge in [-0.1, -0.05) is 48.0 Å². The van der Waals surface area contributed by atoms with Crippen molar-refractivity contribution in [3.8, 4) is 17.4 Å². The van der Waals surface area contributed by atoms with E-state index in [2.05, 4.69) is 28.2 Å². The third kappa shape index (κ3) is 4.61. The van der Waals surface area contributed by atoms with Gasteiger partial charge in [0.25, 0.3) is 11.7 Å². The number of amides is 1. The zero-order valence-electron chi connectivity index (χ0n) is 21.6. The number of carbonyl (C=O) groups is 2. The summed E-state index contributed by atoms with van der Waals surface area (Å²) in [5, 5.41) is 0.486. The summed E-state index contributed by atoms with van der Waals surface area (Å²) in [6, 6.07) is 18.2. The molecule has 0 radical (unpaired) electrons. The second-order valence-corrected chi connectivity index (χ2v) is 8.99. The lowest BCUT2D eigenvalue weighted by molar-refractivity contribution is -0.126. The molecule has 0 spiro atoms. The molecule has 1 saturated heterocycles. The van der Waals surface area contributed by atoms with Gasteiger partial charge in [0.05, 0.1) is 38.5 Å². The van der Waals surface area contributed by atoms with Crippen LogP contribution in [0, 0.1) is 0 Å². The SMILES string of the molecule is COc1cccc(C(=C2CCN(C(=O)C(=O)c3c[nH]c4c(OC)ncc(OC)c34)CC2)c2ccccc2)c1. The van der Waals surface area contributed by atoms with Crippen molar-refractivity contribution in [3.05, 3.63) is 89.3 Å². The second kappa shape index (κ2) is 10.8. The Balaban J connectivity index is 1.42. The molecule has 1 aliphatic rings. The Morgan fingerprint density at radius 1 is 0.895 bits per heavy atom. The second-order valence-electron chi connectivity index (χ2n) is 8.99. The summed E-state index contributed by atoms with van der Waals surface area (Å²) in [6.45, 7) is 0.898. The fourth-order valence-electron chi connectivity index (χ4n) is 5.03. The van der Waals surface area contributed by atoms with Crippen LogP contribution in [-0.4, -0.2) is 61.0 Å². The lowest BCUT2D eigenvalue weighted by Crippen LogP contribution is -2.40. The van der Waals surface area contributed by atoms with Crippen LogP contribution < -0.4 is 14.2 Å². The topological polar surface area (TPSA) is 93.8 Å². The molecule has 1 aliphatic heterocycles. The molecule has 5 rings (SSSR count). The largest absolute Gasteiger partial charge is 0.497 e. The van der Waals surface area contributed by atoms with Crippen LogP contribution in [0.4, 0.5) is 0 Å². The molecule has 8 heteroatoms. The van der Waals surface area contributed by atoms with Crippen molar-refractivity contribution in [3.63, 3.8) is 0 Å². The van der Waals surface area contributed by atoms with Crippen molar-refractivity contribution >= 4 is 28.2 Å². The lowest BCUT2D eigenvalue weighted by atomic mass is 9.88. The highest BCUT2D eigenvalue weighted by atomic mass is 16.5. The van der Waals surface area contributed by atoms with Gasteiger partial charge in [-0.2, -0.15) is 0 Å². The van der Waals surface area contributed by atoms with Crippen LogP contribution in [0.5, 0.6) is 17.4 Å². The number of likely N-dealkylation sites (tertiary alicyclic amines) is 1. The molecular weight excluding hydrogens is 482 g/mol. The van der Waals surface area contributed by atoms with Crippen molar-refractivity contribution in [1.82, 2.24) is 14.9 Å². The first-order valence-corrected chi connectivity index (χ1v) is 12.4. The average molecular weight is 512 g/mol. The molecule has 38 heavy (non-hydrogen) atoms. The van der Waals surface area contributed by atoms with Gasteiger partial charge in [-0.15, -0.1) is 0 Å². The first kappa shape index (κ1) is 25.1. The van der Waals surface area contributed by atoms with E-state index >= 15 is 0 Å². The maximum absolute atomic E-state index is 13.4. The first-order valence-electron chi connectivity index (χ1n) is 12.4. The molecule has 194 valence electrons. The van der Waals surface area contributed by atoms with E-state index in [1.807, 2.05) is 36.4 Å². The zero-order chi connectivity index (χ0) is 26.6. The van der Waals surface area contributed by atoms with Crippen molar-refractivity contribution < 1.29 is 23.8 Å². The Morgan fingerprint density at radius 3 is 2.32 bits per heavy atom. The van der Waals surface area contributed by atoms with Crippen LogP contribution in [0.25, 0.3) is 16.5 Å². The maximum atomic E-state index is 13.4. The zero-order valence-corrected chi connectivity index (χ0v) is 21.6. The molecule has 1 amide bonds. The number of aromatic amines is 1. The summed E-state index contributed by atoms with van der Waals surface area (Å²) in [5.41, 5.74) is 5.31. The summed E-state index contributed by atoms with van der Waals surface area (Å²) >= 11 is 0. The van der Waals surface area contributed by atoms with Gasteiger partial charge in [0.1, 0.15) is 17.0 Å². The monoisotopic (exact) mass is 511 g/mol. The van der Waals surface area contributed by atoms with Gasteiger partial charge in [-0.05, 0) is 41.7 Å². The van der Waals surface area contributed by atoms with Gasteiger partial charge < -0.3 is 24.1 Å². The van der Waals surface area contributed by atoms with Crippen molar-refractivity contribution in [2.24, 2.45) is 0 Å². The molecule has 1 fully saturated rings. The number of carbonyl (C=O) groups excluding carboxylic acids is 2. The molecule has 0 unspecified atom stereocenters. The molecule has 4 aromatic rings. The standard InChI is InChI=1S/C30H29N3O5/c1-36-22-11-7-10-21(16-22)25(19-8-5-4-6-9-19)20-12-14-33(15-13-20)30(35)28(34)23-17-31-27-26(23)24(37-2)18-32-29(27)38-3/h4-11,16-18,31H,12-15H2,1-3H3. The number of nitrogens with zero attached hydrogens (tertiary/aromatic N) is 2. The number of ether oxygens (including phenoxy) is 3. The smallest absolute Gasteiger partial charge is 0.295 e. The number of pyridine rings is 1. The summed E-state index contributed by atoms with van der Waals surface area (Å²) in [4.78, 5) is 35.5. The first-order chi connectivity index (χ1) is 18.5. The van der Waals surface area contributed by atoms with Crippen LogP contribution in [-0.2, 0) is 4.79 Å². The van der Waals surface area contributed by atoms with Crippen LogP contribution >= 0.6 is 0 Å². The number of nitrogens with one attached hydrogen (secondary N) is 1. The third-order valence-electron chi connectivity index (χ3n) is 6.92. The van der Waals surface area contributed by atoms with E-state index in [0.29, 0.717) is 48.5 Å². The van der Waals surface area contributed by atoms with E-state index < -0.39 is 11.7 Å².